The predicted octanol–water partition coefficient (Wildman–Crippen LogP) is 1.66. The van der Waals surface area contributed by atoms with Crippen LogP contribution < -0.4 is 5.73 Å². The molecule has 0 amide bonds. The van der Waals surface area contributed by atoms with Crippen molar-refractivity contribution in [2.24, 2.45) is 7.05 Å². The number of rotatable bonds is 1. The summed E-state index contributed by atoms with van der Waals surface area (Å²) in [5.41, 5.74) is 5.62. The van der Waals surface area contributed by atoms with E-state index >= 15 is 0 Å². The van der Waals surface area contributed by atoms with E-state index in [1.807, 2.05) is 13.2 Å². The molecule has 3 nitrogen and oxygen atoms in total. The number of hydrogen-bond donors (Lipinski definition) is 1. The standard InChI is InChI=1S/C9H15N3/c1-12-6-8(10)11-9(12)7-4-2-3-5-7/h6-7H,2-5,10H2,1H3. The van der Waals surface area contributed by atoms with Crippen LogP contribution in [0.1, 0.15) is 37.4 Å². The van der Waals surface area contributed by atoms with Crippen LogP contribution in [0.4, 0.5) is 5.82 Å². The Labute approximate surface area is 72.6 Å². The van der Waals surface area contributed by atoms with Gasteiger partial charge in [0.05, 0.1) is 0 Å². The minimum Gasteiger partial charge on any atom is -0.382 e. The third-order valence-electron chi connectivity index (χ3n) is 2.65. The van der Waals surface area contributed by atoms with E-state index in [4.69, 9.17) is 5.73 Å². The van der Waals surface area contributed by atoms with Crippen molar-refractivity contribution < 1.29 is 0 Å². The molecular weight excluding hydrogens is 150 g/mol. The highest BCUT2D eigenvalue weighted by atomic mass is 15.1. The van der Waals surface area contributed by atoms with E-state index in [9.17, 15) is 0 Å². The summed E-state index contributed by atoms with van der Waals surface area (Å²) in [7, 11) is 2.02. The van der Waals surface area contributed by atoms with Crippen molar-refractivity contribution in [2.75, 3.05) is 5.73 Å². The maximum absolute atomic E-state index is 5.62. The Morgan fingerprint density at radius 1 is 1.50 bits per heavy atom. The average molecular weight is 165 g/mol. The molecule has 3 heteroatoms. The van der Waals surface area contributed by atoms with Crippen LogP contribution in [0.25, 0.3) is 0 Å². The maximum atomic E-state index is 5.62. The van der Waals surface area contributed by atoms with Crippen molar-refractivity contribution in [3.05, 3.63) is 12.0 Å². The number of hydrogen-bond acceptors (Lipinski definition) is 2. The SMILES string of the molecule is Cn1cc(N)nc1C1CCCC1. The van der Waals surface area contributed by atoms with E-state index in [-0.39, 0.29) is 0 Å². The van der Waals surface area contributed by atoms with Crippen molar-refractivity contribution in [1.29, 1.82) is 0 Å². The second-order valence-corrected chi connectivity index (χ2v) is 3.62. The Hall–Kier alpha value is -0.990. The minimum absolute atomic E-state index is 0.652. The lowest BCUT2D eigenvalue weighted by molar-refractivity contribution is 0.633. The second kappa shape index (κ2) is 2.81. The summed E-state index contributed by atoms with van der Waals surface area (Å²) < 4.78 is 2.06. The summed E-state index contributed by atoms with van der Waals surface area (Å²) in [6.45, 7) is 0. The van der Waals surface area contributed by atoms with Crippen molar-refractivity contribution >= 4 is 5.82 Å². The fraction of sp³-hybridized carbons (Fsp3) is 0.667. The zero-order valence-electron chi connectivity index (χ0n) is 7.45. The number of nitrogens with two attached hydrogens (primary N) is 1. The Kier molecular flexibility index (Phi) is 1.79. The van der Waals surface area contributed by atoms with E-state index in [1.165, 1.54) is 31.5 Å². The zero-order chi connectivity index (χ0) is 8.55. The first-order valence-corrected chi connectivity index (χ1v) is 4.56. The number of anilines is 1. The van der Waals surface area contributed by atoms with Gasteiger partial charge in [-0.1, -0.05) is 12.8 Å². The normalized spacial score (nSPS) is 18.8. The van der Waals surface area contributed by atoms with Gasteiger partial charge in [-0.25, -0.2) is 4.98 Å². The third kappa shape index (κ3) is 1.19. The van der Waals surface area contributed by atoms with Gasteiger partial charge in [-0.2, -0.15) is 0 Å². The molecule has 12 heavy (non-hydrogen) atoms. The molecule has 0 spiro atoms. The Morgan fingerprint density at radius 3 is 2.67 bits per heavy atom. The third-order valence-corrected chi connectivity index (χ3v) is 2.65. The van der Waals surface area contributed by atoms with Crippen LogP contribution in [0.5, 0.6) is 0 Å². The van der Waals surface area contributed by atoms with Crippen LogP contribution >= 0.6 is 0 Å². The molecule has 1 heterocycles. The number of imidazole rings is 1. The molecule has 0 saturated heterocycles. The summed E-state index contributed by atoms with van der Waals surface area (Å²) in [6, 6.07) is 0. The van der Waals surface area contributed by atoms with Gasteiger partial charge in [0.1, 0.15) is 11.6 Å². The molecule has 0 radical (unpaired) electrons. The highest BCUT2D eigenvalue weighted by Crippen LogP contribution is 2.33. The van der Waals surface area contributed by atoms with Gasteiger partial charge in [0.25, 0.3) is 0 Å². The van der Waals surface area contributed by atoms with Crippen LogP contribution in [0.15, 0.2) is 6.20 Å². The second-order valence-electron chi connectivity index (χ2n) is 3.62. The molecule has 2 N–H and O–H groups in total. The lowest BCUT2D eigenvalue weighted by Crippen LogP contribution is -2.01. The van der Waals surface area contributed by atoms with Crippen LogP contribution in [-0.2, 0) is 7.05 Å². The fourth-order valence-electron chi connectivity index (χ4n) is 2.07. The van der Waals surface area contributed by atoms with Crippen molar-refractivity contribution in [3.8, 4) is 0 Å². The summed E-state index contributed by atoms with van der Waals surface area (Å²) in [6.07, 6.45) is 7.15. The molecule has 1 aliphatic rings. The van der Waals surface area contributed by atoms with Gasteiger partial charge < -0.3 is 10.3 Å². The lowest BCUT2D eigenvalue weighted by Gasteiger charge is -2.07. The largest absolute Gasteiger partial charge is 0.382 e. The van der Waals surface area contributed by atoms with Gasteiger partial charge in [0.15, 0.2) is 0 Å². The number of nitrogen functional groups attached to an aromatic ring is 1. The van der Waals surface area contributed by atoms with Gasteiger partial charge in [0, 0.05) is 19.2 Å². The quantitative estimate of drug-likeness (QED) is 0.687. The topological polar surface area (TPSA) is 43.8 Å². The molecule has 0 aromatic carbocycles. The molecule has 1 aliphatic carbocycles. The predicted molar refractivity (Wildman–Crippen MR) is 48.8 cm³/mol. The van der Waals surface area contributed by atoms with Gasteiger partial charge in [0.2, 0.25) is 0 Å². The molecular formula is C9H15N3. The van der Waals surface area contributed by atoms with Crippen molar-refractivity contribution in [3.63, 3.8) is 0 Å². The highest BCUT2D eigenvalue weighted by molar-refractivity contribution is 5.27. The molecule has 0 aliphatic heterocycles. The summed E-state index contributed by atoms with van der Waals surface area (Å²) in [5.74, 6) is 2.48. The Morgan fingerprint density at radius 2 is 2.17 bits per heavy atom. The first kappa shape index (κ1) is 7.65. The summed E-state index contributed by atoms with van der Waals surface area (Å²) in [4.78, 5) is 4.33. The first-order valence-electron chi connectivity index (χ1n) is 4.56. The van der Waals surface area contributed by atoms with E-state index in [0.717, 1.165) is 0 Å². The molecule has 66 valence electrons. The maximum Gasteiger partial charge on any atom is 0.141 e. The van der Waals surface area contributed by atoms with Crippen LogP contribution in [-0.4, -0.2) is 9.55 Å². The van der Waals surface area contributed by atoms with Gasteiger partial charge >= 0.3 is 0 Å². The molecule has 0 bridgehead atoms. The Balaban J connectivity index is 2.25. The molecule has 1 saturated carbocycles. The molecule has 0 unspecified atom stereocenters. The van der Waals surface area contributed by atoms with Gasteiger partial charge in [-0.05, 0) is 12.8 Å². The smallest absolute Gasteiger partial charge is 0.141 e. The number of aryl methyl sites for hydroxylation is 1. The summed E-state index contributed by atoms with van der Waals surface area (Å²) in [5, 5.41) is 0. The monoisotopic (exact) mass is 165 g/mol. The average Bonchev–Trinajstić information content (AvgIpc) is 2.58. The summed E-state index contributed by atoms with van der Waals surface area (Å²) >= 11 is 0. The van der Waals surface area contributed by atoms with E-state index in [2.05, 4.69) is 9.55 Å². The molecule has 0 atom stereocenters. The van der Waals surface area contributed by atoms with Crippen LogP contribution in [0, 0.1) is 0 Å². The van der Waals surface area contributed by atoms with Crippen molar-refractivity contribution in [1.82, 2.24) is 9.55 Å². The Bertz CT molecular complexity index is 271. The number of nitrogens with zero attached hydrogens (tertiary/aromatic N) is 2. The molecule has 2 rings (SSSR count). The molecule has 1 aromatic heterocycles. The molecule has 1 fully saturated rings. The number of aromatic nitrogens is 2. The fourth-order valence-corrected chi connectivity index (χ4v) is 2.07. The lowest BCUT2D eigenvalue weighted by atomic mass is 10.1. The van der Waals surface area contributed by atoms with Gasteiger partial charge in [-0.3, -0.25) is 0 Å². The first-order chi connectivity index (χ1) is 5.77. The van der Waals surface area contributed by atoms with Crippen LogP contribution in [0.3, 0.4) is 0 Å². The van der Waals surface area contributed by atoms with Crippen LogP contribution in [0.2, 0.25) is 0 Å². The minimum atomic E-state index is 0.652. The zero-order valence-corrected chi connectivity index (χ0v) is 7.45. The van der Waals surface area contributed by atoms with E-state index < -0.39 is 0 Å². The van der Waals surface area contributed by atoms with E-state index in [0.29, 0.717) is 11.7 Å². The highest BCUT2D eigenvalue weighted by Gasteiger charge is 2.20. The molecule has 1 aromatic rings. The van der Waals surface area contributed by atoms with Crippen molar-refractivity contribution in [2.45, 2.75) is 31.6 Å². The van der Waals surface area contributed by atoms with Gasteiger partial charge in [-0.15, -0.1) is 0 Å². The van der Waals surface area contributed by atoms with E-state index in [1.54, 1.807) is 0 Å².